The number of nitrogens with one attached hydrogen (secondary N) is 1. The fraction of sp³-hybridized carbons (Fsp3) is 0.0714. The van der Waals surface area contributed by atoms with Crippen LogP contribution in [0.25, 0.3) is 21.7 Å². The van der Waals surface area contributed by atoms with Crippen molar-refractivity contribution in [3.8, 4) is 11.5 Å². The molecule has 5 aromatic rings. The van der Waals surface area contributed by atoms with Gasteiger partial charge in [0.2, 0.25) is 0 Å². The summed E-state index contributed by atoms with van der Waals surface area (Å²) in [7, 11) is 1.52. The fourth-order valence-corrected chi connectivity index (χ4v) is 3.94. The summed E-state index contributed by atoms with van der Waals surface area (Å²) >= 11 is 0. The van der Waals surface area contributed by atoms with Crippen molar-refractivity contribution in [2.75, 3.05) is 7.11 Å². The zero-order chi connectivity index (χ0) is 25.8. The van der Waals surface area contributed by atoms with Crippen LogP contribution in [-0.4, -0.2) is 24.2 Å². The van der Waals surface area contributed by atoms with Crippen LogP contribution in [0.1, 0.15) is 21.7 Å². The second-order valence-electron chi connectivity index (χ2n) is 8.10. The first-order chi connectivity index (χ1) is 18.0. The molecule has 37 heavy (non-hydrogen) atoms. The molecule has 0 aliphatic heterocycles. The number of methoxy groups -OCH3 is 1. The number of non-ortho nitro benzene ring substituents is 1. The summed E-state index contributed by atoms with van der Waals surface area (Å²) in [5.41, 5.74) is 4.41. The Labute approximate surface area is 211 Å². The van der Waals surface area contributed by atoms with Gasteiger partial charge in [-0.15, -0.1) is 0 Å². The number of fused-ring (bicyclic) bond motifs is 3. The molecule has 4 aromatic carbocycles. The summed E-state index contributed by atoms with van der Waals surface area (Å²) in [6.07, 6.45) is 1.45. The van der Waals surface area contributed by atoms with E-state index in [1.807, 2.05) is 36.4 Å². The van der Waals surface area contributed by atoms with Crippen molar-refractivity contribution in [3.05, 3.63) is 112 Å². The van der Waals surface area contributed by atoms with Crippen molar-refractivity contribution in [1.29, 1.82) is 0 Å². The van der Waals surface area contributed by atoms with Crippen LogP contribution < -0.4 is 14.9 Å². The highest BCUT2D eigenvalue weighted by atomic mass is 16.6. The first-order valence-electron chi connectivity index (χ1n) is 11.3. The van der Waals surface area contributed by atoms with Crippen molar-refractivity contribution in [3.63, 3.8) is 0 Å². The molecule has 1 heterocycles. The summed E-state index contributed by atoms with van der Waals surface area (Å²) in [4.78, 5) is 23.1. The molecule has 0 unspecified atom stereocenters. The van der Waals surface area contributed by atoms with Gasteiger partial charge in [0.1, 0.15) is 12.2 Å². The third kappa shape index (κ3) is 4.96. The van der Waals surface area contributed by atoms with Crippen LogP contribution in [-0.2, 0) is 6.61 Å². The summed E-state index contributed by atoms with van der Waals surface area (Å²) in [6, 6.07) is 24.7. The third-order valence-corrected chi connectivity index (χ3v) is 5.78. The number of nitrogens with zero attached hydrogens (tertiary/aromatic N) is 2. The number of carbonyl (C=O) groups is 1. The van der Waals surface area contributed by atoms with Crippen molar-refractivity contribution in [2.24, 2.45) is 5.10 Å². The number of furan rings is 1. The normalized spacial score (nSPS) is 11.2. The molecule has 5 rings (SSSR count). The van der Waals surface area contributed by atoms with E-state index >= 15 is 0 Å². The van der Waals surface area contributed by atoms with E-state index in [0.29, 0.717) is 22.6 Å². The number of ether oxygens (including phenoxy) is 2. The molecule has 184 valence electrons. The minimum absolute atomic E-state index is 0.00208. The van der Waals surface area contributed by atoms with Gasteiger partial charge in [-0.2, -0.15) is 5.10 Å². The number of hydrogen-bond donors (Lipinski definition) is 1. The molecule has 1 aromatic heterocycles. The Morgan fingerprint density at radius 3 is 2.62 bits per heavy atom. The highest BCUT2D eigenvalue weighted by molar-refractivity contribution is 6.08. The first-order valence-corrected chi connectivity index (χ1v) is 11.3. The van der Waals surface area contributed by atoms with Gasteiger partial charge in [-0.3, -0.25) is 14.9 Å². The Hall–Kier alpha value is -5.18. The van der Waals surface area contributed by atoms with Crippen LogP contribution >= 0.6 is 0 Å². The molecule has 9 heteroatoms. The lowest BCUT2D eigenvalue weighted by Gasteiger charge is -2.13. The van der Waals surface area contributed by atoms with Crippen LogP contribution in [0.15, 0.2) is 94.4 Å². The van der Waals surface area contributed by atoms with Gasteiger partial charge in [0, 0.05) is 23.1 Å². The van der Waals surface area contributed by atoms with Crippen molar-refractivity contribution in [1.82, 2.24) is 5.43 Å². The van der Waals surface area contributed by atoms with E-state index in [-0.39, 0.29) is 18.1 Å². The molecule has 0 radical (unpaired) electrons. The highest BCUT2D eigenvalue weighted by Gasteiger charge is 2.14. The van der Waals surface area contributed by atoms with Crippen molar-refractivity contribution < 1.29 is 23.6 Å². The SMILES string of the molecule is COc1cccc(/C=N\NC(=O)c2cc3c(ccc4ccccc43)o2)c1OCc1ccc([N+](=O)[O-])cc1. The Balaban J connectivity index is 1.32. The summed E-state index contributed by atoms with van der Waals surface area (Å²) < 4.78 is 17.1. The summed E-state index contributed by atoms with van der Waals surface area (Å²) in [5, 5.41) is 17.8. The maximum absolute atomic E-state index is 12.7. The second kappa shape index (κ2) is 10.2. The Bertz CT molecular complexity index is 1640. The number of hydrogen-bond acceptors (Lipinski definition) is 7. The van der Waals surface area contributed by atoms with Crippen LogP contribution in [0, 0.1) is 10.1 Å². The molecule has 0 saturated heterocycles. The predicted octanol–water partition coefficient (Wildman–Crippen LogP) is 5.85. The lowest BCUT2D eigenvalue weighted by Crippen LogP contribution is -2.16. The summed E-state index contributed by atoms with van der Waals surface area (Å²) in [6.45, 7) is 0.151. The van der Waals surface area contributed by atoms with Crippen molar-refractivity contribution >= 4 is 39.6 Å². The number of benzene rings is 4. The number of carbonyl (C=O) groups excluding carboxylic acids is 1. The molecule has 0 aliphatic carbocycles. The molecule has 0 bridgehead atoms. The van der Waals surface area contributed by atoms with Crippen molar-refractivity contribution in [2.45, 2.75) is 6.61 Å². The Kier molecular flexibility index (Phi) is 6.50. The fourth-order valence-electron chi connectivity index (χ4n) is 3.94. The van der Waals surface area contributed by atoms with Crippen LogP contribution in [0.3, 0.4) is 0 Å². The maximum atomic E-state index is 12.7. The second-order valence-corrected chi connectivity index (χ2v) is 8.10. The van der Waals surface area contributed by atoms with Crippen LogP contribution in [0.4, 0.5) is 5.69 Å². The van der Waals surface area contributed by atoms with E-state index in [9.17, 15) is 14.9 Å². The molecule has 1 N–H and O–H groups in total. The number of para-hydroxylation sites is 1. The predicted molar refractivity (Wildman–Crippen MR) is 139 cm³/mol. The lowest BCUT2D eigenvalue weighted by molar-refractivity contribution is -0.384. The molecule has 1 amide bonds. The van der Waals surface area contributed by atoms with E-state index in [2.05, 4.69) is 10.5 Å². The Morgan fingerprint density at radius 2 is 1.84 bits per heavy atom. The zero-order valence-electron chi connectivity index (χ0n) is 19.7. The molecule has 0 saturated carbocycles. The van der Waals surface area contributed by atoms with Gasteiger partial charge in [-0.1, -0.05) is 36.4 Å². The van der Waals surface area contributed by atoms with Gasteiger partial charge in [0.15, 0.2) is 17.3 Å². The number of hydrazone groups is 1. The minimum Gasteiger partial charge on any atom is -0.493 e. The van der Waals surface area contributed by atoms with E-state index < -0.39 is 10.8 Å². The molecule has 0 fully saturated rings. The molecular weight excluding hydrogens is 474 g/mol. The number of nitro benzene ring substituents is 1. The molecule has 0 atom stereocenters. The van der Waals surface area contributed by atoms with Gasteiger partial charge < -0.3 is 13.9 Å². The van der Waals surface area contributed by atoms with Gasteiger partial charge in [-0.05, 0) is 52.7 Å². The average Bonchev–Trinajstić information content (AvgIpc) is 3.37. The van der Waals surface area contributed by atoms with Gasteiger partial charge in [0.25, 0.3) is 5.69 Å². The first kappa shape index (κ1) is 23.6. The molecule has 0 aliphatic rings. The Morgan fingerprint density at radius 1 is 1.03 bits per heavy atom. The zero-order valence-corrected chi connectivity index (χ0v) is 19.7. The largest absolute Gasteiger partial charge is 0.493 e. The van der Waals surface area contributed by atoms with E-state index in [1.54, 1.807) is 36.4 Å². The van der Waals surface area contributed by atoms with Gasteiger partial charge in [-0.25, -0.2) is 5.43 Å². The van der Waals surface area contributed by atoms with E-state index in [0.717, 1.165) is 21.7 Å². The average molecular weight is 495 g/mol. The third-order valence-electron chi connectivity index (χ3n) is 5.78. The van der Waals surface area contributed by atoms with Gasteiger partial charge in [0.05, 0.1) is 18.2 Å². The number of rotatable bonds is 8. The van der Waals surface area contributed by atoms with Gasteiger partial charge >= 0.3 is 5.91 Å². The molecule has 0 spiro atoms. The quantitative estimate of drug-likeness (QED) is 0.164. The summed E-state index contributed by atoms with van der Waals surface area (Å²) in [5.74, 6) is 0.537. The van der Waals surface area contributed by atoms with E-state index in [4.69, 9.17) is 13.9 Å². The van der Waals surface area contributed by atoms with Crippen LogP contribution in [0.5, 0.6) is 11.5 Å². The van der Waals surface area contributed by atoms with E-state index in [1.165, 1.54) is 25.5 Å². The van der Waals surface area contributed by atoms with Crippen LogP contribution in [0.2, 0.25) is 0 Å². The highest BCUT2D eigenvalue weighted by Crippen LogP contribution is 2.31. The number of amides is 1. The monoisotopic (exact) mass is 495 g/mol. The topological polar surface area (TPSA) is 116 Å². The molecule has 9 nitrogen and oxygen atoms in total. The maximum Gasteiger partial charge on any atom is 0.307 e. The minimum atomic E-state index is -0.493. The smallest absolute Gasteiger partial charge is 0.307 e. The number of nitro groups is 1. The lowest BCUT2D eigenvalue weighted by atomic mass is 10.1. The molecular formula is C28H21N3O6. The standard InChI is InChI=1S/C28H21N3O6/c1-35-25-8-4-6-20(27(25)36-17-18-9-12-21(13-10-18)31(33)34)16-29-30-28(32)26-15-23-22-7-3-2-5-19(22)11-14-24(23)37-26/h2-16H,17H2,1H3,(H,30,32)/b29-16-.